The van der Waals surface area contributed by atoms with Crippen LogP contribution in [0.4, 0.5) is 0 Å². The van der Waals surface area contributed by atoms with E-state index in [2.05, 4.69) is 213 Å². The number of hydrogen-bond donors (Lipinski definition) is 0. The van der Waals surface area contributed by atoms with E-state index in [9.17, 15) is 0 Å². The molecule has 1 heteroatoms. The van der Waals surface area contributed by atoms with Crippen LogP contribution in [0.25, 0.3) is 67.1 Å². The van der Waals surface area contributed by atoms with Crippen LogP contribution in [-0.2, 0) is 17.3 Å². The number of benzene rings is 6. The maximum atomic E-state index is 5.90. The number of furan rings is 1. The first-order valence-electron chi connectivity index (χ1n) is 24.1. The summed E-state index contributed by atoms with van der Waals surface area (Å²) in [7, 11) is 0. The Morgan fingerprint density at radius 2 is 1.34 bits per heavy atom. The normalized spacial score (nSPS) is 14.4. The molecule has 1 nitrogen and oxygen atoms in total. The van der Waals surface area contributed by atoms with E-state index >= 15 is 0 Å². The molecule has 0 bridgehead atoms. The Kier molecular flexibility index (Phi) is 12.5. The summed E-state index contributed by atoms with van der Waals surface area (Å²) in [6, 6.07) is 55.0. The molecule has 8 aromatic rings. The molecular formula is C66H62O. The van der Waals surface area contributed by atoms with Crippen LogP contribution in [0.1, 0.15) is 110 Å². The summed E-state index contributed by atoms with van der Waals surface area (Å²) in [6.07, 6.45) is 17.3. The molecule has 1 heterocycles. The number of fused-ring (bicyclic) bond motifs is 7. The van der Waals surface area contributed by atoms with Crippen molar-refractivity contribution in [2.45, 2.75) is 91.9 Å². The van der Waals surface area contributed by atoms with Gasteiger partial charge in [0.2, 0.25) is 0 Å². The molecule has 0 fully saturated rings. The lowest BCUT2D eigenvalue weighted by atomic mass is 9.80. The van der Waals surface area contributed by atoms with Crippen molar-refractivity contribution >= 4 is 22.6 Å². The van der Waals surface area contributed by atoms with Crippen LogP contribution < -0.4 is 0 Å². The minimum Gasteiger partial charge on any atom is -0.461 e. The third-order valence-electron chi connectivity index (χ3n) is 14.1. The van der Waals surface area contributed by atoms with Crippen LogP contribution in [0.5, 0.6) is 0 Å². The topological polar surface area (TPSA) is 13.1 Å². The van der Waals surface area contributed by atoms with Gasteiger partial charge in [-0.25, -0.2) is 0 Å². The van der Waals surface area contributed by atoms with Gasteiger partial charge in [0.05, 0.1) is 0 Å². The Morgan fingerprint density at radius 3 is 2.09 bits per heavy atom. The van der Waals surface area contributed by atoms with Crippen LogP contribution >= 0.6 is 0 Å². The Balaban J connectivity index is 0.000000130. The Labute approximate surface area is 400 Å². The van der Waals surface area contributed by atoms with E-state index in [1.165, 1.54) is 106 Å². The first-order chi connectivity index (χ1) is 32.4. The minimum atomic E-state index is 0.0325. The van der Waals surface area contributed by atoms with Crippen molar-refractivity contribution in [2.24, 2.45) is 0 Å². The molecule has 67 heavy (non-hydrogen) atoms. The zero-order valence-electron chi connectivity index (χ0n) is 40.6. The molecule has 11 rings (SSSR count). The Morgan fingerprint density at radius 1 is 0.642 bits per heavy atom. The Bertz CT molecular complexity index is 3240. The molecule has 0 spiro atoms. The summed E-state index contributed by atoms with van der Waals surface area (Å²) in [6.45, 7) is 21.6. The third kappa shape index (κ3) is 8.59. The predicted molar refractivity (Wildman–Crippen MR) is 287 cm³/mol. The fraction of sp³-hybridized carbons (Fsp3) is 0.212. The van der Waals surface area contributed by atoms with Crippen LogP contribution in [0, 0.1) is 32.9 Å². The second-order valence-electron chi connectivity index (χ2n) is 19.5. The zero-order valence-corrected chi connectivity index (χ0v) is 40.6. The zero-order chi connectivity index (χ0) is 46.9. The minimum absolute atomic E-state index is 0.0325. The second kappa shape index (κ2) is 18.6. The van der Waals surface area contributed by atoms with Crippen molar-refractivity contribution in [3.05, 3.63) is 238 Å². The number of aryl methyl sites for hydroxylation is 4. The summed E-state index contributed by atoms with van der Waals surface area (Å²) in [5, 5.41) is 1.17. The molecule has 0 N–H and O–H groups in total. The van der Waals surface area contributed by atoms with Crippen LogP contribution in [-0.4, -0.2) is 0 Å². The van der Waals surface area contributed by atoms with Crippen molar-refractivity contribution < 1.29 is 4.42 Å². The van der Waals surface area contributed by atoms with Crippen molar-refractivity contribution in [1.29, 1.82) is 0 Å². The van der Waals surface area contributed by atoms with Gasteiger partial charge in [0, 0.05) is 27.3 Å². The summed E-state index contributed by atoms with van der Waals surface area (Å²) in [5.74, 6) is 0.934. The monoisotopic (exact) mass is 870 g/mol. The lowest BCUT2D eigenvalue weighted by Crippen LogP contribution is -2.17. The van der Waals surface area contributed by atoms with Gasteiger partial charge >= 0.3 is 0 Å². The van der Waals surface area contributed by atoms with Crippen LogP contribution in [0.2, 0.25) is 0 Å². The van der Waals surface area contributed by atoms with Gasteiger partial charge in [-0.15, -0.1) is 0 Å². The molecule has 3 aliphatic carbocycles. The molecule has 1 aromatic heterocycles. The average molecular weight is 871 g/mol. The van der Waals surface area contributed by atoms with Gasteiger partial charge in [-0.1, -0.05) is 217 Å². The SMILES string of the molecule is C=C/C=C\c1c(C)oc2cccc(-c3cccc(C)c3)c12.CCCc1cc#cc2c1C(C)(C)c1ccccc1-2.Cc1cccc(-c2ccc3c(c2)-c2ccc(C4=CCCC=C4)cc2C3(C)C)c1. The summed E-state index contributed by atoms with van der Waals surface area (Å²) in [5.41, 5.74) is 25.1. The van der Waals surface area contributed by atoms with E-state index in [0.717, 1.165) is 36.2 Å². The van der Waals surface area contributed by atoms with Crippen LogP contribution in [0.15, 0.2) is 175 Å². The fourth-order valence-electron chi connectivity index (χ4n) is 10.7. The van der Waals surface area contributed by atoms with Gasteiger partial charge in [0.15, 0.2) is 0 Å². The molecule has 3 aliphatic rings. The number of allylic oxidation sites excluding steroid dienone is 6. The highest BCUT2D eigenvalue weighted by molar-refractivity contribution is 6.01. The molecule has 0 radical (unpaired) electrons. The van der Waals surface area contributed by atoms with E-state index in [1.54, 1.807) is 6.08 Å². The Hall–Kier alpha value is -7.14. The van der Waals surface area contributed by atoms with Crippen LogP contribution in [0.3, 0.4) is 0 Å². The maximum Gasteiger partial charge on any atom is 0.135 e. The highest BCUT2D eigenvalue weighted by atomic mass is 16.3. The van der Waals surface area contributed by atoms with E-state index in [0.29, 0.717) is 0 Å². The highest BCUT2D eigenvalue weighted by Crippen LogP contribution is 2.51. The van der Waals surface area contributed by atoms with Gasteiger partial charge in [0.25, 0.3) is 0 Å². The van der Waals surface area contributed by atoms with Gasteiger partial charge in [0.1, 0.15) is 11.3 Å². The van der Waals surface area contributed by atoms with Crippen molar-refractivity contribution in [3.8, 4) is 44.5 Å². The lowest BCUT2D eigenvalue weighted by Gasteiger charge is -2.23. The van der Waals surface area contributed by atoms with Gasteiger partial charge in [-0.05, 0) is 142 Å². The second-order valence-corrected chi connectivity index (χ2v) is 19.5. The molecule has 0 aliphatic heterocycles. The average Bonchev–Trinajstić information content (AvgIpc) is 3.88. The third-order valence-corrected chi connectivity index (χ3v) is 14.1. The number of hydrogen-bond acceptors (Lipinski definition) is 1. The molecule has 0 saturated carbocycles. The summed E-state index contributed by atoms with van der Waals surface area (Å²) < 4.78 is 5.90. The number of rotatable bonds is 7. The first kappa shape index (κ1) is 45.0. The maximum absolute atomic E-state index is 5.90. The smallest absolute Gasteiger partial charge is 0.135 e. The van der Waals surface area contributed by atoms with Gasteiger partial charge < -0.3 is 4.42 Å². The quantitative estimate of drug-likeness (QED) is 0.145. The van der Waals surface area contributed by atoms with E-state index in [1.807, 2.05) is 25.1 Å². The summed E-state index contributed by atoms with van der Waals surface area (Å²) in [4.78, 5) is 0. The largest absolute Gasteiger partial charge is 0.461 e. The molecule has 0 amide bonds. The van der Waals surface area contributed by atoms with Crippen molar-refractivity contribution in [3.63, 3.8) is 0 Å². The standard InChI is InChI=1S/C28H26.C20H18O.C18H18/c1-19-8-7-11-21(16-19)22-13-15-26-25(17-22)24-14-12-23(18-27(24)28(26,2)3)20-9-5-4-6-10-20;1-4-5-10-17-15(3)21-19-12-7-11-18(20(17)19)16-9-6-8-14(2)13-16;1-4-8-13-9-7-11-15-14-10-5-6-12-16(14)18(2,3)17(13)15/h5,7-18H,4,6H2,1-3H3;4-13H,1H2,2-3H3;5-6,9-10,12H,4,8H2,1-3H3/b;10-5-;. The van der Waals surface area contributed by atoms with Gasteiger partial charge in [-0.3, -0.25) is 0 Å². The molecule has 332 valence electrons. The molecule has 0 atom stereocenters. The van der Waals surface area contributed by atoms with Gasteiger partial charge in [-0.2, -0.15) is 0 Å². The summed E-state index contributed by atoms with van der Waals surface area (Å²) >= 11 is 0. The molecular weight excluding hydrogens is 809 g/mol. The first-order valence-corrected chi connectivity index (χ1v) is 24.1. The van der Waals surface area contributed by atoms with Crippen molar-refractivity contribution in [1.82, 2.24) is 0 Å². The highest BCUT2D eigenvalue weighted by Gasteiger charge is 2.37. The molecule has 7 aromatic carbocycles. The van der Waals surface area contributed by atoms with E-state index in [4.69, 9.17) is 4.42 Å². The van der Waals surface area contributed by atoms with Crippen molar-refractivity contribution in [2.75, 3.05) is 0 Å². The van der Waals surface area contributed by atoms with E-state index < -0.39 is 0 Å². The molecule has 0 unspecified atom stereocenters. The fourth-order valence-corrected chi connectivity index (χ4v) is 10.7. The lowest BCUT2D eigenvalue weighted by molar-refractivity contribution is 0.577. The molecule has 0 saturated heterocycles. The van der Waals surface area contributed by atoms with E-state index in [-0.39, 0.29) is 10.8 Å². The predicted octanol–water partition coefficient (Wildman–Crippen LogP) is 18.2.